The summed E-state index contributed by atoms with van der Waals surface area (Å²) in [5.74, 6) is 0. The molecular weight excluding hydrogens is 432 g/mol. The highest BCUT2D eigenvalue weighted by Crippen LogP contribution is 2.46. The van der Waals surface area contributed by atoms with Crippen LogP contribution < -0.4 is 16.6 Å². The first-order chi connectivity index (χ1) is 16.0. The zero-order valence-electron chi connectivity index (χ0n) is 18.5. The maximum atomic E-state index is 13.6. The van der Waals surface area contributed by atoms with Crippen LogP contribution in [0.25, 0.3) is 27.8 Å². The zero-order valence-corrected chi connectivity index (χ0v) is 19.3. The molecule has 0 saturated heterocycles. The molecule has 0 saturated carbocycles. The Kier molecular flexibility index (Phi) is 4.25. The van der Waals surface area contributed by atoms with E-state index in [1.165, 1.54) is 4.57 Å². The zero-order chi connectivity index (χ0) is 22.9. The molecule has 33 heavy (non-hydrogen) atoms. The van der Waals surface area contributed by atoms with Crippen LogP contribution in [0.1, 0.15) is 22.2 Å². The molecule has 1 N–H and O–H groups in total. The van der Waals surface area contributed by atoms with E-state index in [0.717, 1.165) is 38.8 Å². The third-order valence-corrected chi connectivity index (χ3v) is 7.42. The van der Waals surface area contributed by atoms with E-state index in [4.69, 9.17) is 0 Å². The van der Waals surface area contributed by atoms with Gasteiger partial charge in [0.2, 0.25) is 0 Å². The summed E-state index contributed by atoms with van der Waals surface area (Å²) in [6.45, 7) is 2.05. The number of nitrogens with zero attached hydrogens (tertiary/aromatic N) is 3. The quantitative estimate of drug-likeness (QED) is 0.425. The maximum Gasteiger partial charge on any atom is 0.331 e. The Morgan fingerprint density at radius 2 is 1.67 bits per heavy atom. The molecule has 0 unspecified atom stereocenters. The Bertz CT molecular complexity index is 1650. The van der Waals surface area contributed by atoms with E-state index >= 15 is 0 Å². The SMILES string of the molecule is Cc1ccc(-c2c3c(=O)n(C)c(=O)n(C)c3c3n2-c2ccccc2N[C@H]3c2cccs2)cc1. The molecule has 3 aromatic heterocycles. The van der Waals surface area contributed by atoms with Crippen molar-refractivity contribution < 1.29 is 0 Å². The molecule has 164 valence electrons. The maximum absolute atomic E-state index is 13.6. The van der Waals surface area contributed by atoms with Gasteiger partial charge >= 0.3 is 5.69 Å². The Labute approximate surface area is 194 Å². The van der Waals surface area contributed by atoms with Crippen molar-refractivity contribution in [3.63, 3.8) is 0 Å². The van der Waals surface area contributed by atoms with Crippen molar-refractivity contribution in [3.05, 3.63) is 103 Å². The fourth-order valence-electron chi connectivity index (χ4n) is 4.87. The van der Waals surface area contributed by atoms with Crippen molar-refractivity contribution in [1.29, 1.82) is 0 Å². The van der Waals surface area contributed by atoms with Gasteiger partial charge in [-0.2, -0.15) is 0 Å². The van der Waals surface area contributed by atoms with Crippen molar-refractivity contribution in [2.75, 3.05) is 5.32 Å². The van der Waals surface area contributed by atoms with E-state index in [-0.39, 0.29) is 17.3 Å². The minimum atomic E-state index is -0.333. The molecule has 1 aliphatic rings. The highest BCUT2D eigenvalue weighted by molar-refractivity contribution is 7.10. The van der Waals surface area contributed by atoms with E-state index in [1.807, 2.05) is 42.6 Å². The number of hydrogen-bond acceptors (Lipinski definition) is 4. The lowest BCUT2D eigenvalue weighted by molar-refractivity contribution is 0.709. The molecule has 7 heteroatoms. The van der Waals surface area contributed by atoms with Crippen molar-refractivity contribution in [2.45, 2.75) is 13.0 Å². The summed E-state index contributed by atoms with van der Waals surface area (Å²) >= 11 is 1.65. The van der Waals surface area contributed by atoms with Gasteiger partial charge in [-0.3, -0.25) is 13.9 Å². The topological polar surface area (TPSA) is 61.0 Å². The first kappa shape index (κ1) is 19.8. The van der Waals surface area contributed by atoms with Crippen LogP contribution in [0, 0.1) is 6.92 Å². The van der Waals surface area contributed by atoms with Gasteiger partial charge in [-0.1, -0.05) is 48.0 Å². The first-order valence-corrected chi connectivity index (χ1v) is 11.7. The second-order valence-corrected chi connectivity index (χ2v) is 9.45. The fourth-order valence-corrected chi connectivity index (χ4v) is 5.65. The van der Waals surface area contributed by atoms with Crippen molar-refractivity contribution in [1.82, 2.24) is 13.7 Å². The molecule has 6 nitrogen and oxygen atoms in total. The highest BCUT2D eigenvalue weighted by atomic mass is 32.1. The smallest absolute Gasteiger partial charge is 0.331 e. The van der Waals surface area contributed by atoms with Crippen LogP contribution in [0.5, 0.6) is 0 Å². The molecule has 6 rings (SSSR count). The minimum absolute atomic E-state index is 0.195. The molecule has 5 aromatic rings. The predicted molar refractivity (Wildman–Crippen MR) is 134 cm³/mol. The molecule has 4 heterocycles. The Hall–Kier alpha value is -3.84. The first-order valence-electron chi connectivity index (χ1n) is 10.8. The van der Waals surface area contributed by atoms with Gasteiger partial charge in [-0.25, -0.2) is 4.79 Å². The molecule has 0 bridgehead atoms. The molecule has 0 amide bonds. The fraction of sp³-hybridized carbons (Fsp3) is 0.154. The summed E-state index contributed by atoms with van der Waals surface area (Å²) in [5, 5.41) is 6.27. The summed E-state index contributed by atoms with van der Waals surface area (Å²) < 4.78 is 4.98. The van der Waals surface area contributed by atoms with Crippen LogP contribution in [0.3, 0.4) is 0 Å². The number of anilines is 1. The van der Waals surface area contributed by atoms with Gasteiger partial charge in [-0.05, 0) is 36.1 Å². The number of nitrogens with one attached hydrogen (secondary N) is 1. The molecule has 0 aliphatic carbocycles. The number of benzene rings is 2. The van der Waals surface area contributed by atoms with Crippen LogP contribution in [0.2, 0.25) is 0 Å². The number of para-hydroxylation sites is 2. The largest absolute Gasteiger partial charge is 0.370 e. The summed E-state index contributed by atoms with van der Waals surface area (Å²) in [4.78, 5) is 27.7. The van der Waals surface area contributed by atoms with Crippen molar-refractivity contribution in [2.24, 2.45) is 14.1 Å². The number of thiophene rings is 1. The second kappa shape index (κ2) is 7.08. The van der Waals surface area contributed by atoms with Crippen LogP contribution in [-0.2, 0) is 14.1 Å². The molecule has 2 aromatic carbocycles. The normalized spacial score (nSPS) is 14.7. The standard InChI is InChI=1S/C26H22N4O2S/c1-15-10-12-16(13-11-15)22-20-23(28(2)26(32)29(3)25(20)31)24-21(19-9-6-14-33-19)27-17-7-4-5-8-18(17)30(22)24/h4-14,21,27H,1-3H3/t21-/m0/s1. The van der Waals surface area contributed by atoms with Crippen LogP contribution >= 0.6 is 11.3 Å². The molecular formula is C26H22N4O2S. The minimum Gasteiger partial charge on any atom is -0.370 e. The third-order valence-electron chi connectivity index (χ3n) is 6.48. The van der Waals surface area contributed by atoms with Gasteiger partial charge in [0.15, 0.2) is 0 Å². The lowest BCUT2D eigenvalue weighted by atomic mass is 10.1. The molecule has 1 atom stereocenters. The van der Waals surface area contributed by atoms with Gasteiger partial charge in [0, 0.05) is 19.0 Å². The van der Waals surface area contributed by atoms with Crippen LogP contribution in [0.4, 0.5) is 5.69 Å². The summed E-state index contributed by atoms with van der Waals surface area (Å²) in [6, 6.07) is 20.2. The van der Waals surface area contributed by atoms with Gasteiger partial charge in [0.05, 0.1) is 33.7 Å². The average molecular weight is 455 g/mol. The van der Waals surface area contributed by atoms with Gasteiger partial charge in [0.25, 0.3) is 5.56 Å². The van der Waals surface area contributed by atoms with Gasteiger partial charge < -0.3 is 9.88 Å². The molecule has 0 spiro atoms. The van der Waals surface area contributed by atoms with Gasteiger partial charge in [0.1, 0.15) is 6.04 Å². The van der Waals surface area contributed by atoms with E-state index in [9.17, 15) is 9.59 Å². The van der Waals surface area contributed by atoms with Crippen molar-refractivity contribution >= 4 is 27.9 Å². The number of rotatable bonds is 2. The monoisotopic (exact) mass is 454 g/mol. The summed E-state index contributed by atoms with van der Waals surface area (Å²) in [7, 11) is 3.29. The number of aromatic nitrogens is 3. The molecule has 0 fully saturated rings. The Balaban J connectivity index is 1.88. The van der Waals surface area contributed by atoms with Crippen molar-refractivity contribution in [3.8, 4) is 16.9 Å². The van der Waals surface area contributed by atoms with E-state index < -0.39 is 0 Å². The highest BCUT2D eigenvalue weighted by Gasteiger charge is 2.34. The van der Waals surface area contributed by atoms with E-state index in [2.05, 4.69) is 40.2 Å². The summed E-state index contributed by atoms with van der Waals surface area (Å²) in [6.07, 6.45) is 0. The average Bonchev–Trinajstić information content (AvgIpc) is 3.48. The lowest BCUT2D eigenvalue weighted by Crippen LogP contribution is -2.37. The molecule has 1 aliphatic heterocycles. The van der Waals surface area contributed by atoms with Crippen LogP contribution in [-0.4, -0.2) is 13.7 Å². The van der Waals surface area contributed by atoms with E-state index in [1.54, 1.807) is 30.0 Å². The number of aryl methyl sites for hydroxylation is 2. The third kappa shape index (κ3) is 2.72. The summed E-state index contributed by atoms with van der Waals surface area (Å²) in [5.41, 5.74) is 5.79. The second-order valence-electron chi connectivity index (χ2n) is 8.47. The van der Waals surface area contributed by atoms with Gasteiger partial charge in [-0.15, -0.1) is 11.3 Å². The lowest BCUT2D eigenvalue weighted by Gasteiger charge is -2.30. The Morgan fingerprint density at radius 3 is 2.39 bits per heavy atom. The number of hydrogen-bond donors (Lipinski definition) is 1. The predicted octanol–water partition coefficient (Wildman–Crippen LogP) is 4.58. The number of fused-ring (bicyclic) bond motifs is 5. The van der Waals surface area contributed by atoms with E-state index in [0.29, 0.717) is 10.9 Å². The molecule has 0 radical (unpaired) electrons. The Morgan fingerprint density at radius 1 is 0.909 bits per heavy atom. The van der Waals surface area contributed by atoms with Crippen LogP contribution in [0.15, 0.2) is 75.6 Å².